The molecule has 0 radical (unpaired) electrons. The molecule has 0 amide bonds. The van der Waals surface area contributed by atoms with Crippen LogP contribution in [0.25, 0.3) is 0 Å². The van der Waals surface area contributed by atoms with Crippen LogP contribution < -0.4 is 0 Å². The predicted molar refractivity (Wildman–Crippen MR) is 54.7 cm³/mol. The van der Waals surface area contributed by atoms with Gasteiger partial charge in [0.2, 0.25) is 0 Å². The maximum absolute atomic E-state index is 2.49. The van der Waals surface area contributed by atoms with Gasteiger partial charge in [-0.3, -0.25) is 0 Å². The first-order valence-corrected chi connectivity index (χ1v) is 8.35. The van der Waals surface area contributed by atoms with Gasteiger partial charge in [0.1, 0.15) is 0 Å². The second-order valence-corrected chi connectivity index (χ2v) is 10.2. The van der Waals surface area contributed by atoms with Gasteiger partial charge < -0.3 is 0 Å². The third-order valence-electron chi connectivity index (χ3n) is 2.62. The van der Waals surface area contributed by atoms with Gasteiger partial charge >= 0.3 is 0 Å². The van der Waals surface area contributed by atoms with Crippen molar-refractivity contribution in [2.75, 3.05) is 0 Å². The van der Waals surface area contributed by atoms with E-state index in [-0.39, 0.29) is 0 Å². The molecule has 0 N–H and O–H groups in total. The van der Waals surface area contributed by atoms with E-state index >= 15 is 0 Å². The Bertz CT molecular complexity index is 141. The topological polar surface area (TPSA) is 0 Å². The summed E-state index contributed by atoms with van der Waals surface area (Å²) < 4.78 is 0. The molecule has 0 spiro atoms. The van der Waals surface area contributed by atoms with E-state index in [0.717, 1.165) is 5.54 Å². The summed E-state index contributed by atoms with van der Waals surface area (Å²) in [5.74, 6) is 0. The van der Waals surface area contributed by atoms with Gasteiger partial charge in [-0.1, -0.05) is 38.2 Å². The quantitative estimate of drug-likeness (QED) is 0.412. The van der Waals surface area contributed by atoms with E-state index in [9.17, 15) is 0 Å². The summed E-state index contributed by atoms with van der Waals surface area (Å²) >= 11 is 0. The fourth-order valence-corrected chi connectivity index (χ4v) is 3.49. The van der Waals surface area contributed by atoms with E-state index in [0.29, 0.717) is 0 Å². The third kappa shape index (κ3) is 2.82. The minimum absolute atomic E-state index is 0.875. The molecule has 64 valence electrons. The van der Waals surface area contributed by atoms with Crippen LogP contribution in [0.5, 0.6) is 0 Å². The summed E-state index contributed by atoms with van der Waals surface area (Å²) in [7, 11) is -0.875. The minimum Gasteiger partial charge on any atom is -0.0885 e. The summed E-state index contributed by atoms with van der Waals surface area (Å²) in [4.78, 5) is 0. The van der Waals surface area contributed by atoms with Gasteiger partial charge in [0.25, 0.3) is 0 Å². The van der Waals surface area contributed by atoms with Crippen LogP contribution in [0.3, 0.4) is 0 Å². The molecule has 1 aliphatic carbocycles. The Morgan fingerprint density at radius 3 is 2.55 bits per heavy atom. The molecule has 1 atom stereocenters. The van der Waals surface area contributed by atoms with Crippen LogP contribution in [0.2, 0.25) is 25.2 Å². The van der Waals surface area contributed by atoms with Crippen LogP contribution >= 0.6 is 0 Å². The van der Waals surface area contributed by atoms with Crippen molar-refractivity contribution in [2.24, 2.45) is 0 Å². The number of hydrogen-bond acceptors (Lipinski definition) is 0. The van der Waals surface area contributed by atoms with Crippen LogP contribution in [-0.4, -0.2) is 8.07 Å². The zero-order valence-electron chi connectivity index (χ0n) is 8.06. The Kier molecular flexibility index (Phi) is 2.94. The maximum atomic E-state index is 2.49. The van der Waals surface area contributed by atoms with Gasteiger partial charge in [0.05, 0.1) is 8.07 Å². The summed E-state index contributed by atoms with van der Waals surface area (Å²) in [6.07, 6.45) is 10.5. The highest BCUT2D eigenvalue weighted by atomic mass is 28.3. The average molecular weight is 168 g/mol. The average Bonchev–Trinajstić information content (AvgIpc) is 2.10. The molecule has 0 aromatic heterocycles. The first-order valence-electron chi connectivity index (χ1n) is 4.77. The predicted octanol–water partition coefficient (Wildman–Crippen LogP) is 3.83. The largest absolute Gasteiger partial charge is 0.0885 e. The fraction of sp³-hybridized carbons (Fsp3) is 0.800. The van der Waals surface area contributed by atoms with Gasteiger partial charge in [0.15, 0.2) is 0 Å². The molecule has 0 aromatic rings. The molecular weight excluding hydrogens is 148 g/mol. The van der Waals surface area contributed by atoms with E-state index in [2.05, 4.69) is 31.8 Å². The van der Waals surface area contributed by atoms with Crippen molar-refractivity contribution < 1.29 is 0 Å². The van der Waals surface area contributed by atoms with E-state index in [4.69, 9.17) is 0 Å². The highest BCUT2D eigenvalue weighted by Gasteiger charge is 2.24. The van der Waals surface area contributed by atoms with Crippen LogP contribution in [0.1, 0.15) is 25.7 Å². The van der Waals surface area contributed by atoms with Crippen molar-refractivity contribution in [3.8, 4) is 0 Å². The number of hydrogen-bond donors (Lipinski definition) is 0. The van der Waals surface area contributed by atoms with Crippen molar-refractivity contribution in [2.45, 2.75) is 50.9 Å². The molecule has 1 aliphatic rings. The molecule has 0 fully saturated rings. The zero-order chi connectivity index (χ0) is 8.32. The monoisotopic (exact) mass is 168 g/mol. The highest BCUT2D eigenvalue weighted by molar-refractivity contribution is 6.78. The van der Waals surface area contributed by atoms with Crippen LogP contribution in [0.15, 0.2) is 12.2 Å². The van der Waals surface area contributed by atoms with E-state index in [1.165, 1.54) is 25.7 Å². The normalized spacial score (nSPS) is 26.6. The van der Waals surface area contributed by atoms with E-state index in [1.54, 1.807) is 0 Å². The van der Waals surface area contributed by atoms with E-state index < -0.39 is 8.07 Å². The molecular formula is C10H20Si. The lowest BCUT2D eigenvalue weighted by atomic mass is 10.2. The Balaban J connectivity index is 2.56. The Hall–Kier alpha value is -0.0431. The first-order chi connectivity index (χ1) is 5.11. The Morgan fingerprint density at radius 2 is 1.91 bits per heavy atom. The minimum atomic E-state index is -0.875. The Morgan fingerprint density at radius 1 is 1.18 bits per heavy atom. The zero-order valence-corrected chi connectivity index (χ0v) is 9.06. The molecule has 0 nitrogen and oxygen atoms in total. The number of allylic oxidation sites excluding steroid dienone is 2. The lowest BCUT2D eigenvalue weighted by molar-refractivity contribution is 0.707. The van der Waals surface area contributed by atoms with Gasteiger partial charge in [-0.2, -0.15) is 0 Å². The smallest absolute Gasteiger partial charge is 0.0513 e. The first kappa shape index (κ1) is 9.05. The molecule has 0 saturated carbocycles. The van der Waals surface area contributed by atoms with Gasteiger partial charge in [-0.05, 0) is 24.8 Å². The highest BCUT2D eigenvalue weighted by Crippen LogP contribution is 2.31. The van der Waals surface area contributed by atoms with Crippen molar-refractivity contribution in [3.05, 3.63) is 12.2 Å². The van der Waals surface area contributed by atoms with Crippen molar-refractivity contribution >= 4 is 8.07 Å². The summed E-state index contributed by atoms with van der Waals surface area (Å²) in [5, 5.41) is 0. The van der Waals surface area contributed by atoms with Gasteiger partial charge in [-0.15, -0.1) is 0 Å². The van der Waals surface area contributed by atoms with Crippen LogP contribution in [-0.2, 0) is 0 Å². The second kappa shape index (κ2) is 3.57. The molecule has 0 saturated heterocycles. The van der Waals surface area contributed by atoms with Gasteiger partial charge in [0, 0.05) is 0 Å². The van der Waals surface area contributed by atoms with Crippen LogP contribution in [0.4, 0.5) is 0 Å². The fourth-order valence-electron chi connectivity index (χ4n) is 1.70. The lowest BCUT2D eigenvalue weighted by Gasteiger charge is -2.25. The van der Waals surface area contributed by atoms with Crippen LogP contribution in [0, 0.1) is 0 Å². The van der Waals surface area contributed by atoms with Crippen molar-refractivity contribution in [1.82, 2.24) is 0 Å². The SMILES string of the molecule is C[Si](C)(C)C1C=CCCCC1. The lowest BCUT2D eigenvalue weighted by Crippen LogP contribution is -2.26. The van der Waals surface area contributed by atoms with Gasteiger partial charge in [-0.25, -0.2) is 0 Å². The Labute approximate surface area is 71.7 Å². The molecule has 1 heteroatoms. The standard InChI is InChI=1S/C10H20Si/c1-11(2,3)10-8-6-4-5-7-9-10/h6,8,10H,4-5,7,9H2,1-3H3. The summed E-state index contributed by atoms with van der Waals surface area (Å²) in [6.45, 7) is 7.44. The molecule has 1 unspecified atom stereocenters. The molecule has 11 heavy (non-hydrogen) atoms. The molecule has 0 heterocycles. The van der Waals surface area contributed by atoms with Crippen molar-refractivity contribution in [1.29, 1.82) is 0 Å². The maximum Gasteiger partial charge on any atom is 0.0513 e. The molecule has 0 aliphatic heterocycles. The molecule has 0 bridgehead atoms. The molecule has 1 rings (SSSR count). The summed E-state index contributed by atoms with van der Waals surface area (Å²) in [5.41, 5.74) is 0.949. The third-order valence-corrected chi connectivity index (χ3v) is 5.32. The number of rotatable bonds is 1. The molecule has 0 aromatic carbocycles. The van der Waals surface area contributed by atoms with Crippen molar-refractivity contribution in [3.63, 3.8) is 0 Å². The van der Waals surface area contributed by atoms with E-state index in [1.807, 2.05) is 0 Å². The second-order valence-electron chi connectivity index (χ2n) is 4.69. The summed E-state index contributed by atoms with van der Waals surface area (Å²) in [6, 6.07) is 0.